The molecule has 5 nitrogen and oxygen atoms in total. The molecule has 6 heteroatoms. The summed E-state index contributed by atoms with van der Waals surface area (Å²) in [5.74, 6) is 0.881. The number of rotatable bonds is 4. The minimum atomic E-state index is -0.522. The largest absolute Gasteiger partial charge is 0.388 e. The van der Waals surface area contributed by atoms with E-state index in [0.29, 0.717) is 23.7 Å². The third-order valence-corrected chi connectivity index (χ3v) is 5.00. The number of nitrogens with one attached hydrogen (secondary N) is 1. The first-order valence-electron chi connectivity index (χ1n) is 8.45. The van der Waals surface area contributed by atoms with E-state index in [1.165, 1.54) is 0 Å². The van der Waals surface area contributed by atoms with Crippen LogP contribution in [-0.4, -0.2) is 41.0 Å². The minimum absolute atomic E-state index is 0.00501. The first-order chi connectivity index (χ1) is 12.1. The highest BCUT2D eigenvalue weighted by molar-refractivity contribution is 6.30. The van der Waals surface area contributed by atoms with Gasteiger partial charge in [0.2, 0.25) is 0 Å². The van der Waals surface area contributed by atoms with Crippen molar-refractivity contribution in [2.75, 3.05) is 25.5 Å². The number of aliphatic hydroxyl groups is 1. The molecular weight excluding hydrogens is 338 g/mol. The van der Waals surface area contributed by atoms with Gasteiger partial charge in [-0.2, -0.15) is 0 Å². The van der Waals surface area contributed by atoms with Crippen LogP contribution in [0.5, 0.6) is 0 Å². The summed E-state index contributed by atoms with van der Waals surface area (Å²) in [5, 5.41) is 14.2. The van der Waals surface area contributed by atoms with Gasteiger partial charge in [-0.05, 0) is 48.6 Å². The highest BCUT2D eigenvalue weighted by atomic mass is 35.5. The van der Waals surface area contributed by atoms with E-state index < -0.39 is 6.10 Å². The molecule has 1 fully saturated rings. The predicted molar refractivity (Wildman–Crippen MR) is 98.8 cm³/mol. The van der Waals surface area contributed by atoms with Crippen molar-refractivity contribution in [3.63, 3.8) is 0 Å². The number of hydrogen-bond donors (Lipinski definition) is 2. The van der Waals surface area contributed by atoms with Crippen molar-refractivity contribution in [2.24, 2.45) is 5.92 Å². The Balaban J connectivity index is 1.59. The molecule has 132 valence electrons. The van der Waals surface area contributed by atoms with Crippen LogP contribution >= 0.6 is 11.6 Å². The maximum atomic E-state index is 12.6. The number of piperidine rings is 1. The van der Waals surface area contributed by atoms with Gasteiger partial charge in [0, 0.05) is 31.4 Å². The summed E-state index contributed by atoms with van der Waals surface area (Å²) in [6.45, 7) is 1.28. The van der Waals surface area contributed by atoms with Crippen LogP contribution in [0.2, 0.25) is 5.02 Å². The molecule has 1 unspecified atom stereocenters. The molecule has 1 atom stereocenters. The molecule has 0 bridgehead atoms. The molecule has 2 heterocycles. The number of carbonyl (C=O) groups excluding carboxylic acids is 1. The zero-order valence-corrected chi connectivity index (χ0v) is 14.9. The van der Waals surface area contributed by atoms with Crippen LogP contribution in [0.15, 0.2) is 42.6 Å². The maximum Gasteiger partial charge on any atom is 0.255 e. The van der Waals surface area contributed by atoms with Gasteiger partial charge in [-0.15, -0.1) is 0 Å². The molecule has 1 aliphatic rings. The molecule has 0 radical (unpaired) electrons. The second kappa shape index (κ2) is 7.85. The maximum absolute atomic E-state index is 12.6. The molecule has 0 saturated carbocycles. The van der Waals surface area contributed by atoms with Crippen LogP contribution in [0.4, 0.5) is 5.82 Å². The lowest BCUT2D eigenvalue weighted by Crippen LogP contribution is -2.39. The monoisotopic (exact) mass is 359 g/mol. The zero-order chi connectivity index (χ0) is 17.8. The van der Waals surface area contributed by atoms with Gasteiger partial charge in [0.25, 0.3) is 5.91 Å². The summed E-state index contributed by atoms with van der Waals surface area (Å²) >= 11 is 5.90. The number of nitrogens with zero attached hydrogens (tertiary/aromatic N) is 2. The van der Waals surface area contributed by atoms with E-state index in [-0.39, 0.29) is 11.8 Å². The molecule has 2 N–H and O–H groups in total. The van der Waals surface area contributed by atoms with Crippen LogP contribution in [0.1, 0.15) is 34.9 Å². The Morgan fingerprint density at radius 1 is 1.24 bits per heavy atom. The fraction of sp³-hybridized carbons (Fsp3) is 0.368. The molecule has 2 aromatic rings. The molecule has 1 amide bonds. The number of pyridine rings is 1. The number of anilines is 1. The fourth-order valence-electron chi connectivity index (χ4n) is 3.20. The second-order valence-corrected chi connectivity index (χ2v) is 6.74. The van der Waals surface area contributed by atoms with Crippen molar-refractivity contribution in [3.8, 4) is 0 Å². The van der Waals surface area contributed by atoms with E-state index in [1.54, 1.807) is 37.5 Å². The predicted octanol–water partition coefficient (Wildman–Crippen LogP) is 3.36. The molecule has 1 aromatic heterocycles. The lowest BCUT2D eigenvalue weighted by molar-refractivity contribution is 0.0462. The first-order valence-corrected chi connectivity index (χ1v) is 8.83. The van der Waals surface area contributed by atoms with Crippen LogP contribution in [-0.2, 0) is 0 Å². The van der Waals surface area contributed by atoms with Crippen LogP contribution in [0.3, 0.4) is 0 Å². The van der Waals surface area contributed by atoms with Crippen molar-refractivity contribution >= 4 is 23.3 Å². The third kappa shape index (κ3) is 4.11. The summed E-state index contributed by atoms with van der Waals surface area (Å²) in [4.78, 5) is 18.6. The van der Waals surface area contributed by atoms with E-state index in [4.69, 9.17) is 11.6 Å². The van der Waals surface area contributed by atoms with Crippen LogP contribution < -0.4 is 5.32 Å². The zero-order valence-electron chi connectivity index (χ0n) is 14.2. The van der Waals surface area contributed by atoms with Gasteiger partial charge in [0.15, 0.2) is 0 Å². The topological polar surface area (TPSA) is 65.5 Å². The van der Waals surface area contributed by atoms with Gasteiger partial charge < -0.3 is 15.3 Å². The van der Waals surface area contributed by atoms with E-state index in [2.05, 4.69) is 10.3 Å². The van der Waals surface area contributed by atoms with Gasteiger partial charge in [-0.3, -0.25) is 4.79 Å². The molecule has 0 spiro atoms. The molecule has 1 aliphatic heterocycles. The van der Waals surface area contributed by atoms with Gasteiger partial charge in [0.05, 0.1) is 11.7 Å². The van der Waals surface area contributed by atoms with Gasteiger partial charge in [0.1, 0.15) is 5.82 Å². The van der Waals surface area contributed by atoms with Crippen molar-refractivity contribution in [3.05, 3.63) is 58.7 Å². The standard InChI is InChI=1S/C19H22ClN3O2/c1-21-17-7-4-15(12-22-17)19(25)23-10-8-14(9-11-23)18(24)13-2-5-16(20)6-3-13/h2-7,12,14,18,24H,8-11H2,1H3,(H,21,22). The van der Waals surface area contributed by atoms with Gasteiger partial charge >= 0.3 is 0 Å². The summed E-state index contributed by atoms with van der Waals surface area (Å²) in [6, 6.07) is 10.9. The Labute approximate surface area is 152 Å². The van der Waals surface area contributed by atoms with Crippen molar-refractivity contribution < 1.29 is 9.90 Å². The summed E-state index contributed by atoms with van der Waals surface area (Å²) < 4.78 is 0. The summed E-state index contributed by atoms with van der Waals surface area (Å²) in [5.41, 5.74) is 1.47. The van der Waals surface area contributed by atoms with Crippen molar-refractivity contribution in [2.45, 2.75) is 18.9 Å². The minimum Gasteiger partial charge on any atom is -0.388 e. The van der Waals surface area contributed by atoms with E-state index in [9.17, 15) is 9.90 Å². The second-order valence-electron chi connectivity index (χ2n) is 6.31. The molecule has 3 rings (SSSR count). The smallest absolute Gasteiger partial charge is 0.255 e. The number of hydrogen-bond acceptors (Lipinski definition) is 4. The molecule has 1 aromatic carbocycles. The molecule has 1 saturated heterocycles. The van der Waals surface area contributed by atoms with Crippen LogP contribution in [0, 0.1) is 5.92 Å². The fourth-order valence-corrected chi connectivity index (χ4v) is 3.33. The first kappa shape index (κ1) is 17.7. The van der Waals surface area contributed by atoms with Crippen molar-refractivity contribution in [1.29, 1.82) is 0 Å². The SMILES string of the molecule is CNc1ccc(C(=O)N2CCC(C(O)c3ccc(Cl)cc3)CC2)cn1. The summed E-state index contributed by atoms with van der Waals surface area (Å²) in [6.07, 6.45) is 2.63. The van der Waals surface area contributed by atoms with Crippen molar-refractivity contribution in [1.82, 2.24) is 9.88 Å². The number of carbonyl (C=O) groups is 1. The molecule has 0 aliphatic carbocycles. The highest BCUT2D eigenvalue weighted by Gasteiger charge is 2.28. The van der Waals surface area contributed by atoms with Gasteiger partial charge in [-0.25, -0.2) is 4.98 Å². The Morgan fingerprint density at radius 3 is 2.48 bits per heavy atom. The quantitative estimate of drug-likeness (QED) is 0.878. The molecular formula is C19H22ClN3O2. The van der Waals surface area contributed by atoms with E-state index in [0.717, 1.165) is 24.2 Å². The highest BCUT2D eigenvalue weighted by Crippen LogP contribution is 2.31. The van der Waals surface area contributed by atoms with E-state index in [1.807, 2.05) is 17.0 Å². The van der Waals surface area contributed by atoms with E-state index >= 15 is 0 Å². The Bertz CT molecular complexity index is 710. The molecule has 25 heavy (non-hydrogen) atoms. The van der Waals surface area contributed by atoms with Crippen LogP contribution in [0.25, 0.3) is 0 Å². The lowest BCUT2D eigenvalue weighted by Gasteiger charge is -2.34. The normalized spacial score (nSPS) is 16.5. The number of likely N-dealkylation sites (tertiary alicyclic amines) is 1. The number of halogens is 1. The third-order valence-electron chi connectivity index (χ3n) is 4.75. The number of aliphatic hydroxyl groups excluding tert-OH is 1. The summed E-state index contributed by atoms with van der Waals surface area (Å²) in [7, 11) is 1.79. The number of aromatic nitrogens is 1. The number of amides is 1. The Morgan fingerprint density at radius 2 is 1.92 bits per heavy atom. The Kier molecular flexibility index (Phi) is 5.56. The number of benzene rings is 1. The van der Waals surface area contributed by atoms with Gasteiger partial charge in [-0.1, -0.05) is 23.7 Å². The lowest BCUT2D eigenvalue weighted by atomic mass is 9.87. The Hall–Kier alpha value is -2.11. The average molecular weight is 360 g/mol. The average Bonchev–Trinajstić information content (AvgIpc) is 2.67.